The van der Waals surface area contributed by atoms with Gasteiger partial charge in [0.05, 0.1) is 0 Å². The quantitative estimate of drug-likeness (QED) is 0.146. The molecule has 0 fully saturated rings. The Morgan fingerprint density at radius 2 is 1.10 bits per heavy atom. The molecule has 2 unspecified atom stereocenters. The van der Waals surface area contributed by atoms with Crippen LogP contribution in [0.25, 0.3) is 0 Å². The van der Waals surface area contributed by atoms with Crippen molar-refractivity contribution < 1.29 is 13.3 Å². The third kappa shape index (κ3) is 12.5. The van der Waals surface area contributed by atoms with Crippen LogP contribution >= 0.6 is 0 Å². The molecule has 4 nitrogen and oxygen atoms in total. The Bertz CT molecular complexity index is 343. The van der Waals surface area contributed by atoms with Crippen molar-refractivity contribution in [2.75, 3.05) is 42.0 Å². The van der Waals surface area contributed by atoms with E-state index < -0.39 is 8.80 Å². The van der Waals surface area contributed by atoms with Crippen LogP contribution in [0.5, 0.6) is 0 Å². The van der Waals surface area contributed by atoms with Crippen molar-refractivity contribution in [2.45, 2.75) is 109 Å². The highest BCUT2D eigenvalue weighted by Crippen LogP contribution is 2.40. The average molecular weight is 432 g/mol. The molecule has 0 saturated carbocycles. The molecule has 0 aromatic carbocycles. The lowest BCUT2D eigenvalue weighted by Crippen LogP contribution is -2.50. The second-order valence-electron chi connectivity index (χ2n) is 8.91. The molecule has 0 heterocycles. The SMILES string of the molecule is CCCCCCCC(CCCCCCCCN(C)C)C(CC)[Si](OC)(OC)OC. The van der Waals surface area contributed by atoms with Crippen LogP contribution in [0.3, 0.4) is 0 Å². The molecule has 0 rings (SSSR count). The second-order valence-corrected chi connectivity index (χ2v) is 12.1. The van der Waals surface area contributed by atoms with Crippen LogP contribution in [-0.4, -0.2) is 55.7 Å². The molecule has 0 aliphatic carbocycles. The number of hydrogen-bond acceptors (Lipinski definition) is 4. The number of nitrogens with zero attached hydrogens (tertiary/aromatic N) is 1. The first-order valence-electron chi connectivity index (χ1n) is 12.3. The van der Waals surface area contributed by atoms with Gasteiger partial charge in [-0.1, -0.05) is 90.9 Å². The highest BCUT2D eigenvalue weighted by molar-refractivity contribution is 6.62. The molecule has 0 aliphatic rings. The summed E-state index contributed by atoms with van der Waals surface area (Å²) in [6, 6.07) is 0. The van der Waals surface area contributed by atoms with Gasteiger partial charge in [0.2, 0.25) is 0 Å². The largest absolute Gasteiger partial charge is 0.503 e. The second kappa shape index (κ2) is 18.8. The smallest absolute Gasteiger partial charge is 0.377 e. The van der Waals surface area contributed by atoms with Crippen LogP contribution in [0, 0.1) is 5.92 Å². The Morgan fingerprint density at radius 3 is 1.52 bits per heavy atom. The molecular formula is C24H53NO3Si. The van der Waals surface area contributed by atoms with E-state index in [4.69, 9.17) is 13.3 Å². The van der Waals surface area contributed by atoms with Gasteiger partial charge in [-0.2, -0.15) is 0 Å². The maximum absolute atomic E-state index is 5.90. The summed E-state index contributed by atoms with van der Waals surface area (Å²) in [6.45, 7) is 5.78. The number of rotatable bonds is 21. The van der Waals surface area contributed by atoms with E-state index in [-0.39, 0.29) is 0 Å². The van der Waals surface area contributed by atoms with Gasteiger partial charge >= 0.3 is 8.80 Å². The molecule has 2 atom stereocenters. The zero-order chi connectivity index (χ0) is 22.0. The molecule has 0 aromatic heterocycles. The lowest BCUT2D eigenvalue weighted by atomic mass is 9.90. The molecule has 29 heavy (non-hydrogen) atoms. The van der Waals surface area contributed by atoms with E-state index in [1.54, 1.807) is 21.3 Å². The van der Waals surface area contributed by atoms with Crippen LogP contribution in [0.15, 0.2) is 0 Å². The minimum atomic E-state index is -2.59. The fourth-order valence-corrected chi connectivity index (χ4v) is 7.49. The van der Waals surface area contributed by atoms with Crippen LogP contribution in [-0.2, 0) is 13.3 Å². The van der Waals surface area contributed by atoms with Gasteiger partial charge < -0.3 is 18.2 Å². The first-order valence-corrected chi connectivity index (χ1v) is 14.1. The number of unbranched alkanes of at least 4 members (excludes halogenated alkanes) is 9. The average Bonchev–Trinajstić information content (AvgIpc) is 2.72. The van der Waals surface area contributed by atoms with E-state index in [1.807, 2.05) is 0 Å². The van der Waals surface area contributed by atoms with Crippen molar-refractivity contribution in [3.05, 3.63) is 0 Å². The molecule has 0 aromatic rings. The summed E-state index contributed by atoms with van der Waals surface area (Å²) in [6.07, 6.45) is 18.5. The third-order valence-corrected chi connectivity index (χ3v) is 9.92. The van der Waals surface area contributed by atoms with Crippen LogP contribution in [0.1, 0.15) is 104 Å². The van der Waals surface area contributed by atoms with E-state index in [9.17, 15) is 0 Å². The van der Waals surface area contributed by atoms with Gasteiger partial charge in [-0.15, -0.1) is 0 Å². The number of hydrogen-bond donors (Lipinski definition) is 0. The zero-order valence-electron chi connectivity index (χ0n) is 20.9. The first-order chi connectivity index (χ1) is 14.0. The van der Waals surface area contributed by atoms with E-state index in [2.05, 4.69) is 32.8 Å². The minimum absolute atomic E-state index is 0.411. The molecule has 0 saturated heterocycles. The van der Waals surface area contributed by atoms with Gasteiger partial charge in [0, 0.05) is 26.9 Å². The maximum atomic E-state index is 5.90. The Hall–Kier alpha value is 0.0569. The first kappa shape index (κ1) is 29.1. The fourth-order valence-electron chi connectivity index (χ4n) is 4.67. The summed E-state index contributed by atoms with van der Waals surface area (Å²) in [7, 11) is 7.05. The Labute approximate surface area is 184 Å². The molecule has 176 valence electrons. The Kier molecular flexibility index (Phi) is 18.8. The van der Waals surface area contributed by atoms with Crippen LogP contribution in [0.2, 0.25) is 5.54 Å². The van der Waals surface area contributed by atoms with Gasteiger partial charge in [0.25, 0.3) is 0 Å². The summed E-state index contributed by atoms with van der Waals surface area (Å²) in [4.78, 5) is 2.29. The summed E-state index contributed by atoms with van der Waals surface area (Å²) >= 11 is 0. The summed E-state index contributed by atoms with van der Waals surface area (Å²) in [5.41, 5.74) is 0.411. The van der Waals surface area contributed by atoms with Gasteiger partial charge in [-0.05, 0) is 39.4 Å². The lowest BCUT2D eigenvalue weighted by Gasteiger charge is -2.37. The van der Waals surface area contributed by atoms with Gasteiger partial charge in [-0.3, -0.25) is 0 Å². The summed E-state index contributed by atoms with van der Waals surface area (Å²) < 4.78 is 17.7. The van der Waals surface area contributed by atoms with Crippen molar-refractivity contribution >= 4 is 8.80 Å². The predicted molar refractivity (Wildman–Crippen MR) is 129 cm³/mol. The highest BCUT2D eigenvalue weighted by Gasteiger charge is 2.49. The molecule has 5 heteroatoms. The molecule has 0 aliphatic heterocycles. The predicted octanol–water partition coefficient (Wildman–Crippen LogP) is 6.91. The van der Waals surface area contributed by atoms with Gasteiger partial charge in [-0.25, -0.2) is 0 Å². The minimum Gasteiger partial charge on any atom is -0.377 e. The van der Waals surface area contributed by atoms with E-state index in [0.717, 1.165) is 6.42 Å². The third-order valence-electron chi connectivity index (χ3n) is 6.43. The van der Waals surface area contributed by atoms with Gasteiger partial charge in [0.1, 0.15) is 0 Å². The molecule has 0 spiro atoms. The zero-order valence-corrected chi connectivity index (χ0v) is 21.9. The highest BCUT2D eigenvalue weighted by atomic mass is 28.4. The van der Waals surface area contributed by atoms with E-state index in [1.165, 1.54) is 90.0 Å². The lowest BCUT2D eigenvalue weighted by molar-refractivity contribution is 0.0969. The van der Waals surface area contributed by atoms with Crippen molar-refractivity contribution in [3.63, 3.8) is 0 Å². The molecule has 0 amide bonds. The topological polar surface area (TPSA) is 30.9 Å². The summed E-state index contributed by atoms with van der Waals surface area (Å²) in [5, 5.41) is 0. The standard InChI is InChI=1S/C24H53NO3Si/c1-8-10-11-14-17-20-23(24(9-2)29(26-5,27-6)28-7)21-18-15-12-13-16-19-22-25(3)4/h23-24H,8-22H2,1-7H3. The van der Waals surface area contributed by atoms with Crippen molar-refractivity contribution in [3.8, 4) is 0 Å². The molecule has 0 radical (unpaired) electrons. The van der Waals surface area contributed by atoms with Crippen molar-refractivity contribution in [1.82, 2.24) is 4.90 Å². The Morgan fingerprint density at radius 1 is 0.655 bits per heavy atom. The van der Waals surface area contributed by atoms with E-state index >= 15 is 0 Å². The summed E-state index contributed by atoms with van der Waals surface area (Å²) in [5.74, 6) is 0.655. The molecule has 0 bridgehead atoms. The van der Waals surface area contributed by atoms with Crippen LogP contribution in [0.4, 0.5) is 0 Å². The Balaban J connectivity index is 4.59. The van der Waals surface area contributed by atoms with Crippen molar-refractivity contribution in [2.24, 2.45) is 5.92 Å². The van der Waals surface area contributed by atoms with Gasteiger partial charge in [0.15, 0.2) is 0 Å². The molecular weight excluding hydrogens is 378 g/mol. The monoisotopic (exact) mass is 431 g/mol. The normalized spacial score (nSPS) is 14.5. The van der Waals surface area contributed by atoms with Crippen molar-refractivity contribution in [1.29, 1.82) is 0 Å². The van der Waals surface area contributed by atoms with E-state index in [0.29, 0.717) is 11.5 Å². The fraction of sp³-hybridized carbons (Fsp3) is 1.00. The maximum Gasteiger partial charge on any atom is 0.503 e. The molecule has 0 N–H and O–H groups in total. The van der Waals surface area contributed by atoms with Crippen LogP contribution < -0.4 is 0 Å².